The van der Waals surface area contributed by atoms with Crippen LogP contribution in [-0.4, -0.2) is 22.2 Å². The van der Waals surface area contributed by atoms with Gasteiger partial charge in [0, 0.05) is 19.2 Å². The summed E-state index contributed by atoms with van der Waals surface area (Å²) >= 11 is 6.77. The van der Waals surface area contributed by atoms with E-state index in [0.29, 0.717) is 32.1 Å². The van der Waals surface area contributed by atoms with Gasteiger partial charge in [0.15, 0.2) is 4.80 Å². The summed E-state index contributed by atoms with van der Waals surface area (Å²) in [6, 6.07) is 15.5. The van der Waals surface area contributed by atoms with E-state index in [0.717, 1.165) is 13.6 Å². The normalized spacial score (nSPS) is 15.5. The van der Waals surface area contributed by atoms with E-state index in [4.69, 9.17) is 9.15 Å². The standard InChI is InChI=1S/C27H20BrIN2O5S/c1-3-35-26(34)23-14(2)30-27-31(25(33)22(37-27)13-16-12-18(29)8-9-19(16)32)24(23)21-11-10-20(36-21)15-4-6-17(28)7-5-15/h4-13,24,32H,3H2,1-2H3/b22-13-/t24-/m1/s1. The van der Waals surface area contributed by atoms with Crippen molar-refractivity contribution in [3.8, 4) is 17.1 Å². The number of carbonyl (C=O) groups is 1. The van der Waals surface area contributed by atoms with Gasteiger partial charge in [-0.05, 0) is 85.0 Å². The maximum atomic E-state index is 13.7. The maximum absolute atomic E-state index is 13.7. The summed E-state index contributed by atoms with van der Waals surface area (Å²) in [6.07, 6.45) is 1.64. The molecule has 37 heavy (non-hydrogen) atoms. The Morgan fingerprint density at radius 2 is 2.00 bits per heavy atom. The number of fused-ring (bicyclic) bond motifs is 1. The number of phenolic OH excluding ortho intramolecular Hbond substituents is 1. The molecule has 0 aliphatic carbocycles. The molecule has 0 saturated carbocycles. The summed E-state index contributed by atoms with van der Waals surface area (Å²) in [6.45, 7) is 3.63. The minimum atomic E-state index is -0.855. The molecule has 0 radical (unpaired) electrons. The van der Waals surface area contributed by atoms with Crippen molar-refractivity contribution in [2.75, 3.05) is 6.61 Å². The second-order valence-corrected chi connectivity index (χ2v) is 11.4. The van der Waals surface area contributed by atoms with E-state index in [1.165, 1.54) is 15.9 Å². The number of aromatic hydroxyl groups is 1. The SMILES string of the molecule is CCOC(=O)C1=C(C)N=c2s/c(=C\c3cc(I)ccc3O)c(=O)n2[C@@H]1c1ccc(-c2ccc(Br)cc2)o1. The molecule has 4 aromatic rings. The average molecular weight is 691 g/mol. The predicted octanol–water partition coefficient (Wildman–Crippen LogP) is 5.13. The largest absolute Gasteiger partial charge is 0.507 e. The van der Waals surface area contributed by atoms with Crippen LogP contribution in [0.4, 0.5) is 0 Å². The van der Waals surface area contributed by atoms with Crippen LogP contribution in [0.2, 0.25) is 0 Å². The van der Waals surface area contributed by atoms with Crippen LogP contribution in [0.15, 0.2) is 84.5 Å². The number of carbonyl (C=O) groups excluding carboxylic acids is 1. The van der Waals surface area contributed by atoms with Crippen LogP contribution < -0.4 is 14.9 Å². The minimum Gasteiger partial charge on any atom is -0.507 e. The van der Waals surface area contributed by atoms with Crippen molar-refractivity contribution in [2.45, 2.75) is 19.9 Å². The quantitative estimate of drug-likeness (QED) is 0.232. The highest BCUT2D eigenvalue weighted by Crippen LogP contribution is 2.34. The first-order valence-electron chi connectivity index (χ1n) is 11.3. The van der Waals surface area contributed by atoms with E-state index in [9.17, 15) is 14.7 Å². The summed E-state index contributed by atoms with van der Waals surface area (Å²) in [5.74, 6) is 0.530. The molecule has 0 amide bonds. The van der Waals surface area contributed by atoms with E-state index in [-0.39, 0.29) is 23.5 Å². The van der Waals surface area contributed by atoms with E-state index in [1.807, 2.05) is 30.3 Å². The average Bonchev–Trinajstić information content (AvgIpc) is 3.46. The Morgan fingerprint density at radius 1 is 1.24 bits per heavy atom. The highest BCUT2D eigenvalue weighted by atomic mass is 127. The monoisotopic (exact) mass is 690 g/mol. The second kappa shape index (κ2) is 10.4. The zero-order valence-corrected chi connectivity index (χ0v) is 24.3. The first kappa shape index (κ1) is 25.7. The Kier molecular flexibility index (Phi) is 7.24. The molecule has 1 atom stereocenters. The fourth-order valence-corrected chi connectivity index (χ4v) is 5.93. The number of ether oxygens (including phenoxy) is 1. The third kappa shape index (κ3) is 4.97. The number of allylic oxidation sites excluding steroid dienone is 1. The van der Waals surface area contributed by atoms with Crippen molar-refractivity contribution in [2.24, 2.45) is 4.99 Å². The summed E-state index contributed by atoms with van der Waals surface area (Å²) in [5, 5.41) is 10.3. The number of benzene rings is 2. The second-order valence-electron chi connectivity index (χ2n) is 8.21. The van der Waals surface area contributed by atoms with Gasteiger partial charge < -0.3 is 14.3 Å². The van der Waals surface area contributed by atoms with E-state index in [2.05, 4.69) is 43.5 Å². The molecular weight excluding hydrogens is 671 g/mol. The number of aromatic nitrogens is 1. The van der Waals surface area contributed by atoms with Gasteiger partial charge >= 0.3 is 5.97 Å². The van der Waals surface area contributed by atoms with Crippen molar-refractivity contribution < 1.29 is 19.1 Å². The number of phenols is 1. The van der Waals surface area contributed by atoms with Crippen molar-refractivity contribution in [1.29, 1.82) is 0 Å². The molecule has 10 heteroatoms. The summed E-state index contributed by atoms with van der Waals surface area (Å²) in [7, 11) is 0. The molecule has 7 nitrogen and oxygen atoms in total. The van der Waals surface area contributed by atoms with Gasteiger partial charge in [-0.2, -0.15) is 0 Å². The number of halogens is 2. The lowest BCUT2D eigenvalue weighted by Gasteiger charge is -2.22. The molecule has 2 aromatic heterocycles. The Balaban J connectivity index is 1.70. The predicted molar refractivity (Wildman–Crippen MR) is 153 cm³/mol. The zero-order valence-electron chi connectivity index (χ0n) is 19.7. The van der Waals surface area contributed by atoms with Gasteiger partial charge in [0.1, 0.15) is 23.3 Å². The first-order chi connectivity index (χ1) is 17.8. The molecule has 0 unspecified atom stereocenters. The van der Waals surface area contributed by atoms with Gasteiger partial charge in [-0.15, -0.1) is 0 Å². The lowest BCUT2D eigenvalue weighted by molar-refractivity contribution is -0.139. The number of rotatable bonds is 5. The smallest absolute Gasteiger partial charge is 0.338 e. The molecule has 0 saturated heterocycles. The molecule has 1 aliphatic rings. The van der Waals surface area contributed by atoms with Crippen molar-refractivity contribution >= 4 is 61.9 Å². The Bertz CT molecular complexity index is 1730. The molecule has 2 aromatic carbocycles. The van der Waals surface area contributed by atoms with Gasteiger partial charge in [0.25, 0.3) is 5.56 Å². The molecule has 1 aliphatic heterocycles. The van der Waals surface area contributed by atoms with Gasteiger partial charge in [0.05, 0.1) is 22.4 Å². The Labute approximate surface area is 237 Å². The van der Waals surface area contributed by atoms with Gasteiger partial charge in [-0.3, -0.25) is 9.36 Å². The Hall–Kier alpha value is -2.96. The van der Waals surface area contributed by atoms with Crippen molar-refractivity contribution in [3.05, 3.63) is 105 Å². The first-order valence-corrected chi connectivity index (χ1v) is 14.0. The highest BCUT2D eigenvalue weighted by Gasteiger charge is 2.35. The Morgan fingerprint density at radius 3 is 2.73 bits per heavy atom. The van der Waals surface area contributed by atoms with E-state index < -0.39 is 12.0 Å². The number of furan rings is 1. The molecular formula is C27H20BrIN2O5S. The fourth-order valence-electron chi connectivity index (χ4n) is 4.11. The highest BCUT2D eigenvalue weighted by molar-refractivity contribution is 14.1. The van der Waals surface area contributed by atoms with Crippen molar-refractivity contribution in [1.82, 2.24) is 4.57 Å². The van der Waals surface area contributed by atoms with Crippen LogP contribution in [0.5, 0.6) is 5.75 Å². The molecule has 3 heterocycles. The number of nitrogens with zero attached hydrogens (tertiary/aromatic N) is 2. The summed E-state index contributed by atoms with van der Waals surface area (Å²) in [4.78, 5) is 31.8. The topological polar surface area (TPSA) is 94.0 Å². The number of hydrogen-bond acceptors (Lipinski definition) is 7. The van der Waals surface area contributed by atoms with Crippen LogP contribution in [0.3, 0.4) is 0 Å². The lowest BCUT2D eigenvalue weighted by atomic mass is 10.0. The van der Waals surface area contributed by atoms with Crippen molar-refractivity contribution in [3.63, 3.8) is 0 Å². The molecule has 188 valence electrons. The number of hydrogen-bond donors (Lipinski definition) is 1. The third-order valence-corrected chi connectivity index (χ3v) is 8.00. The maximum Gasteiger partial charge on any atom is 0.338 e. The minimum absolute atomic E-state index is 0.0661. The van der Waals surface area contributed by atoms with Gasteiger partial charge in [-0.25, -0.2) is 9.79 Å². The number of esters is 1. The third-order valence-electron chi connectivity index (χ3n) is 5.82. The van der Waals surface area contributed by atoms with Gasteiger partial charge in [0.2, 0.25) is 0 Å². The molecule has 0 spiro atoms. The van der Waals surface area contributed by atoms with Crippen LogP contribution >= 0.6 is 49.9 Å². The van der Waals surface area contributed by atoms with Crippen LogP contribution in [0.25, 0.3) is 17.4 Å². The molecule has 1 N–H and O–H groups in total. The molecule has 0 fully saturated rings. The van der Waals surface area contributed by atoms with Crippen LogP contribution in [-0.2, 0) is 9.53 Å². The zero-order chi connectivity index (χ0) is 26.3. The van der Waals surface area contributed by atoms with Gasteiger partial charge in [-0.1, -0.05) is 39.4 Å². The number of thiazole rings is 1. The van der Waals surface area contributed by atoms with Crippen LogP contribution in [0, 0.1) is 3.57 Å². The molecule has 0 bridgehead atoms. The molecule has 5 rings (SSSR count). The van der Waals surface area contributed by atoms with Crippen LogP contribution in [0.1, 0.15) is 31.2 Å². The fraction of sp³-hybridized carbons (Fsp3) is 0.148. The summed E-state index contributed by atoms with van der Waals surface area (Å²) < 4.78 is 15.3. The summed E-state index contributed by atoms with van der Waals surface area (Å²) in [5.41, 5.74) is 1.73. The lowest BCUT2D eigenvalue weighted by Crippen LogP contribution is -2.39. The van der Waals surface area contributed by atoms with E-state index >= 15 is 0 Å². The van der Waals surface area contributed by atoms with E-state index in [1.54, 1.807) is 44.2 Å².